The lowest BCUT2D eigenvalue weighted by atomic mass is 9.99. The van der Waals surface area contributed by atoms with Gasteiger partial charge in [0.05, 0.1) is 13.2 Å². The predicted molar refractivity (Wildman–Crippen MR) is 67.1 cm³/mol. The molecule has 19 heavy (non-hydrogen) atoms. The molecule has 0 saturated heterocycles. The molecule has 0 saturated carbocycles. The molecule has 8 heteroatoms. The first-order valence-corrected chi connectivity index (χ1v) is 6.00. The molecule has 0 radical (unpaired) electrons. The number of carboxylic acid groups (broad SMARTS) is 1. The van der Waals surface area contributed by atoms with Crippen molar-refractivity contribution in [2.75, 3.05) is 13.2 Å². The summed E-state index contributed by atoms with van der Waals surface area (Å²) in [6.45, 7) is 2.53. The number of hydrogen-bond acceptors (Lipinski definition) is 5. The summed E-state index contributed by atoms with van der Waals surface area (Å²) < 4.78 is 0. The summed E-state index contributed by atoms with van der Waals surface area (Å²) in [5.74, 6) is -2.79. The number of amides is 2. The number of nitrogens with one attached hydrogen (secondary N) is 2. The average Bonchev–Trinajstić information content (AvgIpc) is 2.40. The maximum absolute atomic E-state index is 11.8. The van der Waals surface area contributed by atoms with Crippen molar-refractivity contribution in [3.8, 4) is 0 Å². The second kappa shape index (κ2) is 8.44. The molecule has 0 aliphatic heterocycles. The lowest BCUT2D eigenvalue weighted by Crippen LogP contribution is -2.55. The van der Waals surface area contributed by atoms with Crippen LogP contribution in [0.2, 0.25) is 0 Å². The predicted octanol–water partition coefficient (Wildman–Crippen LogP) is -1.96. The van der Waals surface area contributed by atoms with Crippen LogP contribution >= 0.6 is 0 Å². The number of nitrogens with two attached hydrogens (primary N) is 1. The fraction of sp³-hybridized carbons (Fsp3) is 0.727. The number of carbonyl (C=O) groups is 3. The molecule has 8 nitrogen and oxygen atoms in total. The summed E-state index contributed by atoms with van der Waals surface area (Å²) >= 11 is 0. The van der Waals surface area contributed by atoms with Crippen LogP contribution in [0.25, 0.3) is 0 Å². The van der Waals surface area contributed by atoms with Crippen molar-refractivity contribution in [1.82, 2.24) is 10.6 Å². The van der Waals surface area contributed by atoms with Crippen LogP contribution < -0.4 is 16.4 Å². The molecule has 6 N–H and O–H groups in total. The van der Waals surface area contributed by atoms with E-state index in [9.17, 15) is 14.4 Å². The van der Waals surface area contributed by atoms with Gasteiger partial charge in [0.2, 0.25) is 11.8 Å². The Kier molecular flexibility index (Phi) is 7.69. The third kappa shape index (κ3) is 5.66. The Bertz CT molecular complexity index is 334. The van der Waals surface area contributed by atoms with Gasteiger partial charge in [0.15, 0.2) is 0 Å². The van der Waals surface area contributed by atoms with Gasteiger partial charge in [-0.2, -0.15) is 0 Å². The third-order valence-corrected chi connectivity index (χ3v) is 2.80. The largest absolute Gasteiger partial charge is 0.480 e. The van der Waals surface area contributed by atoms with Crippen molar-refractivity contribution in [1.29, 1.82) is 0 Å². The summed E-state index contributed by atoms with van der Waals surface area (Å²) in [5, 5.41) is 22.5. The molecule has 0 spiro atoms. The van der Waals surface area contributed by atoms with E-state index in [2.05, 4.69) is 10.6 Å². The standard InChI is InChI=1S/C11H21N3O5/c1-3-6(2)9(11(18)19)14-10(17)7(5-15)13-8(16)4-12/h6-7,9,15H,3-5,12H2,1-2H3,(H,13,16)(H,14,17)(H,18,19). The maximum atomic E-state index is 11.8. The number of carboxylic acids is 1. The van der Waals surface area contributed by atoms with E-state index in [0.29, 0.717) is 6.42 Å². The van der Waals surface area contributed by atoms with E-state index < -0.39 is 36.5 Å². The molecular weight excluding hydrogens is 254 g/mol. The average molecular weight is 275 g/mol. The van der Waals surface area contributed by atoms with E-state index in [-0.39, 0.29) is 12.5 Å². The van der Waals surface area contributed by atoms with Gasteiger partial charge < -0.3 is 26.6 Å². The van der Waals surface area contributed by atoms with Crippen LogP contribution in [0.3, 0.4) is 0 Å². The smallest absolute Gasteiger partial charge is 0.326 e. The van der Waals surface area contributed by atoms with E-state index in [4.69, 9.17) is 15.9 Å². The fourth-order valence-electron chi connectivity index (χ4n) is 1.38. The zero-order valence-electron chi connectivity index (χ0n) is 11.0. The van der Waals surface area contributed by atoms with Gasteiger partial charge in [-0.05, 0) is 5.92 Å². The van der Waals surface area contributed by atoms with Gasteiger partial charge in [0.1, 0.15) is 12.1 Å². The molecule has 0 fully saturated rings. The second-order valence-electron chi connectivity index (χ2n) is 4.22. The molecule has 0 bridgehead atoms. The number of carbonyl (C=O) groups excluding carboxylic acids is 2. The van der Waals surface area contributed by atoms with Gasteiger partial charge in [-0.1, -0.05) is 20.3 Å². The molecule has 0 aliphatic rings. The Labute approximate surface area is 111 Å². The summed E-state index contributed by atoms with van der Waals surface area (Å²) in [6, 6.07) is -2.27. The highest BCUT2D eigenvalue weighted by atomic mass is 16.4. The minimum Gasteiger partial charge on any atom is -0.480 e. The van der Waals surface area contributed by atoms with Crippen LogP contribution in [0.5, 0.6) is 0 Å². The summed E-state index contributed by atoms with van der Waals surface area (Å²) in [5.41, 5.74) is 5.07. The number of aliphatic hydroxyl groups is 1. The molecule has 0 aromatic heterocycles. The van der Waals surface area contributed by atoms with Gasteiger partial charge in [0.25, 0.3) is 0 Å². The number of aliphatic hydroxyl groups excluding tert-OH is 1. The Morgan fingerprint density at radius 3 is 2.21 bits per heavy atom. The van der Waals surface area contributed by atoms with Crippen LogP contribution in [0.15, 0.2) is 0 Å². The summed E-state index contributed by atoms with van der Waals surface area (Å²) in [4.78, 5) is 33.9. The molecule has 0 aromatic rings. The second-order valence-corrected chi connectivity index (χ2v) is 4.22. The van der Waals surface area contributed by atoms with Crippen molar-refractivity contribution < 1.29 is 24.6 Å². The normalized spacial score (nSPS) is 15.2. The highest BCUT2D eigenvalue weighted by Crippen LogP contribution is 2.08. The van der Waals surface area contributed by atoms with Crippen LogP contribution in [-0.2, 0) is 14.4 Å². The van der Waals surface area contributed by atoms with Gasteiger partial charge in [-0.15, -0.1) is 0 Å². The van der Waals surface area contributed by atoms with Gasteiger partial charge >= 0.3 is 5.97 Å². The van der Waals surface area contributed by atoms with Crippen molar-refractivity contribution in [2.24, 2.45) is 11.7 Å². The van der Waals surface area contributed by atoms with E-state index in [0.717, 1.165) is 0 Å². The minimum absolute atomic E-state index is 0.272. The molecule has 2 amide bonds. The first-order chi connectivity index (χ1) is 8.87. The summed E-state index contributed by atoms with van der Waals surface area (Å²) in [7, 11) is 0. The number of aliphatic carboxylic acids is 1. The topological polar surface area (TPSA) is 142 Å². The highest BCUT2D eigenvalue weighted by molar-refractivity contribution is 5.90. The van der Waals surface area contributed by atoms with E-state index in [1.165, 1.54) is 0 Å². The van der Waals surface area contributed by atoms with E-state index >= 15 is 0 Å². The van der Waals surface area contributed by atoms with E-state index in [1.54, 1.807) is 13.8 Å². The quantitative estimate of drug-likeness (QED) is 0.348. The van der Waals surface area contributed by atoms with Crippen LogP contribution in [0.1, 0.15) is 20.3 Å². The summed E-state index contributed by atoms with van der Waals surface area (Å²) in [6.07, 6.45) is 0.566. The lowest BCUT2D eigenvalue weighted by molar-refractivity contribution is -0.144. The molecule has 110 valence electrons. The Hall–Kier alpha value is -1.67. The molecule has 3 atom stereocenters. The van der Waals surface area contributed by atoms with Crippen LogP contribution in [0, 0.1) is 5.92 Å². The first-order valence-electron chi connectivity index (χ1n) is 6.00. The van der Waals surface area contributed by atoms with E-state index in [1.807, 2.05) is 0 Å². The van der Waals surface area contributed by atoms with Crippen molar-refractivity contribution in [3.63, 3.8) is 0 Å². The van der Waals surface area contributed by atoms with Crippen molar-refractivity contribution in [2.45, 2.75) is 32.4 Å². The maximum Gasteiger partial charge on any atom is 0.326 e. The van der Waals surface area contributed by atoms with Crippen molar-refractivity contribution >= 4 is 17.8 Å². The van der Waals surface area contributed by atoms with Crippen LogP contribution in [0.4, 0.5) is 0 Å². The third-order valence-electron chi connectivity index (χ3n) is 2.80. The SMILES string of the molecule is CCC(C)C(NC(=O)C(CO)NC(=O)CN)C(=O)O. The Morgan fingerprint density at radius 2 is 1.84 bits per heavy atom. The molecule has 0 heterocycles. The molecule has 3 unspecified atom stereocenters. The molecule has 0 aromatic carbocycles. The highest BCUT2D eigenvalue weighted by Gasteiger charge is 2.28. The fourth-order valence-corrected chi connectivity index (χ4v) is 1.38. The Morgan fingerprint density at radius 1 is 1.26 bits per heavy atom. The lowest BCUT2D eigenvalue weighted by Gasteiger charge is -2.23. The zero-order chi connectivity index (χ0) is 15.0. The van der Waals surface area contributed by atoms with Gasteiger partial charge in [-0.3, -0.25) is 9.59 Å². The Balaban J connectivity index is 4.68. The monoisotopic (exact) mass is 275 g/mol. The van der Waals surface area contributed by atoms with Crippen LogP contribution in [-0.4, -0.2) is 53.2 Å². The molecule has 0 aliphatic carbocycles. The minimum atomic E-state index is -1.21. The first kappa shape index (κ1) is 17.3. The zero-order valence-corrected chi connectivity index (χ0v) is 11.0. The van der Waals surface area contributed by atoms with Crippen molar-refractivity contribution in [3.05, 3.63) is 0 Å². The molecular formula is C11H21N3O5. The number of hydrogen-bond donors (Lipinski definition) is 5. The van der Waals surface area contributed by atoms with Gasteiger partial charge in [-0.25, -0.2) is 4.79 Å². The van der Waals surface area contributed by atoms with Gasteiger partial charge in [0, 0.05) is 0 Å². The molecule has 0 rings (SSSR count). The number of rotatable bonds is 8.